The molecule has 1 saturated carbocycles. The second kappa shape index (κ2) is 4.45. The molecule has 0 unspecified atom stereocenters. The maximum Gasteiger partial charge on any atom is 0.248 e. The topological polar surface area (TPSA) is 63.4 Å². The first-order chi connectivity index (χ1) is 9.00. The van der Waals surface area contributed by atoms with Gasteiger partial charge in [-0.1, -0.05) is 16.3 Å². The molecule has 5 nitrogen and oxygen atoms in total. The van der Waals surface area contributed by atoms with Crippen molar-refractivity contribution in [3.8, 4) is 0 Å². The van der Waals surface area contributed by atoms with Crippen LogP contribution in [0.2, 0.25) is 0 Å². The van der Waals surface area contributed by atoms with E-state index in [0.29, 0.717) is 24.5 Å². The summed E-state index contributed by atoms with van der Waals surface area (Å²) in [5.74, 6) is 0.379. The van der Waals surface area contributed by atoms with Gasteiger partial charge in [0.1, 0.15) is 10.6 Å². The van der Waals surface area contributed by atoms with Crippen LogP contribution in [-0.4, -0.2) is 31.0 Å². The van der Waals surface area contributed by atoms with Gasteiger partial charge in [0.25, 0.3) is 0 Å². The third kappa shape index (κ3) is 2.23. The molecule has 19 heavy (non-hydrogen) atoms. The first kappa shape index (κ1) is 12.9. The van der Waals surface area contributed by atoms with Crippen molar-refractivity contribution in [2.75, 3.05) is 13.1 Å². The number of hydrogen-bond acceptors (Lipinski definition) is 4. The zero-order chi connectivity index (χ0) is 13.6. The van der Waals surface area contributed by atoms with E-state index >= 15 is 0 Å². The van der Waals surface area contributed by atoms with Crippen molar-refractivity contribution in [2.24, 2.45) is 0 Å². The van der Waals surface area contributed by atoms with Crippen molar-refractivity contribution in [3.05, 3.63) is 22.6 Å². The fourth-order valence-electron chi connectivity index (χ4n) is 2.74. The number of aryl methyl sites for hydroxylation is 2. The molecule has 0 aromatic carbocycles. The Morgan fingerprint density at radius 2 is 1.63 bits per heavy atom. The summed E-state index contributed by atoms with van der Waals surface area (Å²) in [6, 6.07) is 0. The van der Waals surface area contributed by atoms with Gasteiger partial charge >= 0.3 is 0 Å². The van der Waals surface area contributed by atoms with Gasteiger partial charge in [0.15, 0.2) is 5.76 Å². The number of piperidine rings is 1. The molecular formula is C13H18N2O3S. The Kier molecular flexibility index (Phi) is 3.02. The minimum atomic E-state index is -3.45. The predicted molar refractivity (Wildman–Crippen MR) is 70.2 cm³/mol. The summed E-state index contributed by atoms with van der Waals surface area (Å²) < 4.78 is 31.7. The van der Waals surface area contributed by atoms with Crippen LogP contribution in [0.25, 0.3) is 0 Å². The average molecular weight is 282 g/mol. The maximum absolute atomic E-state index is 12.6. The second-order valence-corrected chi connectivity index (χ2v) is 7.14. The summed E-state index contributed by atoms with van der Waals surface area (Å²) in [7, 11) is -3.45. The van der Waals surface area contributed by atoms with Crippen LogP contribution in [0.3, 0.4) is 0 Å². The molecule has 0 atom stereocenters. The van der Waals surface area contributed by atoms with Crippen molar-refractivity contribution < 1.29 is 12.9 Å². The van der Waals surface area contributed by atoms with Gasteiger partial charge in [0.05, 0.1) is 0 Å². The standard InChI is InChI=1S/C13H18N2O3S/c1-9-13(10(2)18-14-9)19(16,17)15-7-5-12(6-8-15)11-3-4-11/h3-8H2,1-2H3. The largest absolute Gasteiger partial charge is 0.360 e. The van der Waals surface area contributed by atoms with Crippen LogP contribution in [0.1, 0.15) is 37.1 Å². The van der Waals surface area contributed by atoms with Crippen LogP contribution < -0.4 is 0 Å². The molecule has 1 saturated heterocycles. The van der Waals surface area contributed by atoms with Gasteiger partial charge in [0, 0.05) is 13.1 Å². The Balaban J connectivity index is 1.84. The van der Waals surface area contributed by atoms with E-state index < -0.39 is 10.0 Å². The zero-order valence-corrected chi connectivity index (χ0v) is 12.1. The summed E-state index contributed by atoms with van der Waals surface area (Å²) in [6.45, 7) is 4.47. The van der Waals surface area contributed by atoms with E-state index in [1.807, 2.05) is 0 Å². The number of allylic oxidation sites excluding steroid dienone is 1. The second-order valence-electron chi connectivity index (χ2n) is 5.26. The van der Waals surface area contributed by atoms with Gasteiger partial charge in [0.2, 0.25) is 10.0 Å². The number of rotatable bonds is 2. The molecule has 3 rings (SSSR count). The van der Waals surface area contributed by atoms with Crippen molar-refractivity contribution in [3.63, 3.8) is 0 Å². The van der Waals surface area contributed by atoms with E-state index in [9.17, 15) is 8.42 Å². The highest BCUT2D eigenvalue weighted by molar-refractivity contribution is 7.89. The molecule has 0 radical (unpaired) electrons. The van der Waals surface area contributed by atoms with Gasteiger partial charge in [-0.05, 0) is 39.5 Å². The first-order valence-corrected chi connectivity index (χ1v) is 8.07. The van der Waals surface area contributed by atoms with Crippen molar-refractivity contribution in [1.29, 1.82) is 0 Å². The third-order valence-corrected chi connectivity index (χ3v) is 6.04. The van der Waals surface area contributed by atoms with E-state index in [0.717, 1.165) is 12.8 Å². The van der Waals surface area contributed by atoms with Crippen molar-refractivity contribution in [1.82, 2.24) is 9.46 Å². The lowest BCUT2D eigenvalue weighted by Gasteiger charge is -2.27. The number of aromatic nitrogens is 1. The summed E-state index contributed by atoms with van der Waals surface area (Å²) in [5.41, 5.74) is 3.48. The van der Waals surface area contributed by atoms with Crippen molar-refractivity contribution in [2.45, 2.75) is 44.4 Å². The minimum Gasteiger partial charge on any atom is -0.360 e. The van der Waals surface area contributed by atoms with Crippen LogP contribution in [0.5, 0.6) is 0 Å². The molecule has 0 spiro atoms. The minimum absolute atomic E-state index is 0.245. The van der Waals surface area contributed by atoms with Crippen LogP contribution in [-0.2, 0) is 10.0 Å². The molecule has 0 amide bonds. The number of nitrogens with zero attached hydrogens (tertiary/aromatic N) is 2. The maximum atomic E-state index is 12.6. The molecule has 1 aliphatic heterocycles. The third-order valence-electron chi connectivity index (χ3n) is 3.89. The highest BCUT2D eigenvalue weighted by Gasteiger charge is 2.33. The van der Waals surface area contributed by atoms with Crippen molar-refractivity contribution >= 4 is 10.0 Å². The lowest BCUT2D eigenvalue weighted by atomic mass is 10.1. The Morgan fingerprint density at radius 3 is 2.11 bits per heavy atom. The number of hydrogen-bond donors (Lipinski definition) is 0. The normalized spacial score (nSPS) is 20.9. The summed E-state index contributed by atoms with van der Waals surface area (Å²) >= 11 is 0. The van der Waals surface area contributed by atoms with E-state index in [1.54, 1.807) is 23.7 Å². The molecule has 2 fully saturated rings. The lowest BCUT2D eigenvalue weighted by Crippen LogP contribution is -2.36. The van der Waals surface area contributed by atoms with Gasteiger partial charge < -0.3 is 4.52 Å². The Morgan fingerprint density at radius 1 is 1.05 bits per heavy atom. The molecule has 2 aliphatic rings. The Bertz CT molecular complexity index is 607. The molecule has 0 N–H and O–H groups in total. The molecule has 6 heteroatoms. The lowest BCUT2D eigenvalue weighted by molar-refractivity contribution is 0.379. The van der Waals surface area contributed by atoms with E-state index in [-0.39, 0.29) is 4.90 Å². The van der Waals surface area contributed by atoms with Gasteiger partial charge in [-0.3, -0.25) is 0 Å². The van der Waals surface area contributed by atoms with Gasteiger partial charge in [-0.25, -0.2) is 8.42 Å². The Hall–Kier alpha value is -1.14. The summed E-state index contributed by atoms with van der Waals surface area (Å²) in [4.78, 5) is 0.245. The highest BCUT2D eigenvalue weighted by Crippen LogP contribution is 2.37. The monoisotopic (exact) mass is 282 g/mol. The summed E-state index contributed by atoms with van der Waals surface area (Å²) in [5, 5.41) is 3.74. The quantitative estimate of drug-likeness (QED) is 0.780. The fourth-order valence-corrected chi connectivity index (χ4v) is 4.47. The van der Waals surface area contributed by atoms with Crippen LogP contribution in [0.4, 0.5) is 0 Å². The molecule has 1 aromatic rings. The summed E-state index contributed by atoms with van der Waals surface area (Å²) in [6.07, 6.45) is 4.17. The highest BCUT2D eigenvalue weighted by atomic mass is 32.2. The van der Waals surface area contributed by atoms with E-state index in [4.69, 9.17) is 4.52 Å². The molecule has 1 aliphatic carbocycles. The van der Waals surface area contributed by atoms with Crippen LogP contribution in [0.15, 0.2) is 20.6 Å². The smallest absolute Gasteiger partial charge is 0.248 e. The fraction of sp³-hybridized carbons (Fsp3) is 0.615. The Labute approximate surface area is 113 Å². The van der Waals surface area contributed by atoms with Crippen LogP contribution in [0, 0.1) is 13.8 Å². The molecule has 2 heterocycles. The number of sulfonamides is 1. The van der Waals surface area contributed by atoms with E-state index in [1.165, 1.54) is 18.4 Å². The molecular weight excluding hydrogens is 264 g/mol. The van der Waals surface area contributed by atoms with Gasteiger partial charge in [-0.2, -0.15) is 4.31 Å². The predicted octanol–water partition coefficient (Wildman–Crippen LogP) is 2.17. The molecule has 1 aromatic heterocycles. The van der Waals surface area contributed by atoms with E-state index in [2.05, 4.69) is 5.16 Å². The van der Waals surface area contributed by atoms with Gasteiger partial charge in [-0.15, -0.1) is 0 Å². The SMILES string of the molecule is Cc1noc(C)c1S(=O)(=O)N1CCC(=C2CC2)CC1. The zero-order valence-electron chi connectivity index (χ0n) is 11.3. The molecule has 0 bridgehead atoms. The first-order valence-electron chi connectivity index (χ1n) is 6.63. The molecule has 104 valence electrons. The van der Waals surface area contributed by atoms with Crippen LogP contribution >= 0.6 is 0 Å². The average Bonchev–Trinajstić information content (AvgIpc) is 3.16.